The van der Waals surface area contributed by atoms with Gasteiger partial charge in [-0.2, -0.15) is 0 Å². The van der Waals surface area contributed by atoms with Crippen LogP contribution in [0, 0.1) is 11.6 Å². The van der Waals surface area contributed by atoms with E-state index in [1.54, 1.807) is 17.0 Å². The number of benzene rings is 2. The highest BCUT2D eigenvalue weighted by atomic mass is 35.5. The third-order valence-corrected chi connectivity index (χ3v) is 5.49. The van der Waals surface area contributed by atoms with Gasteiger partial charge in [-0.3, -0.25) is 4.79 Å². The molecule has 1 fully saturated rings. The van der Waals surface area contributed by atoms with Crippen molar-refractivity contribution in [3.05, 3.63) is 64.7 Å². The Balaban J connectivity index is 1.40. The highest BCUT2D eigenvalue weighted by molar-refractivity contribution is 6.31. The lowest BCUT2D eigenvalue weighted by atomic mass is 9.88. The van der Waals surface area contributed by atoms with E-state index in [1.165, 1.54) is 24.3 Å². The van der Waals surface area contributed by atoms with E-state index in [9.17, 15) is 13.6 Å². The molecule has 0 bridgehead atoms. The van der Waals surface area contributed by atoms with Crippen LogP contribution in [0.1, 0.15) is 42.5 Å². The molecule has 3 rings (SSSR count). The van der Waals surface area contributed by atoms with Crippen molar-refractivity contribution < 1.29 is 22.7 Å². The molecule has 0 aliphatic carbocycles. The minimum absolute atomic E-state index is 0.104. The summed E-state index contributed by atoms with van der Waals surface area (Å²) in [5.41, 5.74) is -1.01. The zero-order valence-electron chi connectivity index (χ0n) is 16.0. The highest BCUT2D eigenvalue weighted by Crippen LogP contribution is 2.32. The van der Waals surface area contributed by atoms with Gasteiger partial charge in [-0.15, -0.1) is 0 Å². The molecule has 0 saturated carbocycles. The van der Waals surface area contributed by atoms with Crippen LogP contribution in [-0.2, 0) is 0 Å². The Hall–Kier alpha value is -2.21. The van der Waals surface area contributed by atoms with Crippen molar-refractivity contribution in [1.82, 2.24) is 4.90 Å². The number of carbonyl (C=O) groups is 1. The van der Waals surface area contributed by atoms with Crippen molar-refractivity contribution in [3.63, 3.8) is 0 Å². The predicted molar refractivity (Wildman–Crippen MR) is 106 cm³/mol. The van der Waals surface area contributed by atoms with Crippen LogP contribution in [-0.4, -0.2) is 36.2 Å². The van der Waals surface area contributed by atoms with Gasteiger partial charge in [-0.05, 0) is 62.4 Å². The second-order valence-corrected chi connectivity index (χ2v) is 7.74. The van der Waals surface area contributed by atoms with Gasteiger partial charge >= 0.3 is 0 Å². The molecule has 29 heavy (non-hydrogen) atoms. The number of hydrogen-bond donors (Lipinski definition) is 0. The third kappa shape index (κ3) is 5.89. The lowest BCUT2D eigenvalue weighted by molar-refractivity contribution is 0.0382. The lowest BCUT2D eigenvalue weighted by Crippen LogP contribution is -2.44. The molecule has 0 radical (unpaired) electrons. The number of amides is 1. The van der Waals surface area contributed by atoms with Crippen LogP contribution in [0.5, 0.6) is 5.75 Å². The normalized spacial score (nSPS) is 15.9. The first-order valence-corrected chi connectivity index (χ1v) is 10.1. The fourth-order valence-corrected chi connectivity index (χ4v) is 3.64. The molecule has 7 heteroatoms. The van der Waals surface area contributed by atoms with Gasteiger partial charge in [-0.1, -0.05) is 17.7 Å². The van der Waals surface area contributed by atoms with Gasteiger partial charge in [0.05, 0.1) is 11.6 Å². The van der Waals surface area contributed by atoms with Crippen LogP contribution in [0.4, 0.5) is 13.2 Å². The third-order valence-electron chi connectivity index (χ3n) is 5.20. The first-order valence-electron chi connectivity index (χ1n) is 9.68. The largest absolute Gasteiger partial charge is 0.493 e. The number of piperidine rings is 1. The molecule has 0 atom stereocenters. The van der Waals surface area contributed by atoms with Crippen LogP contribution in [0.3, 0.4) is 0 Å². The minimum Gasteiger partial charge on any atom is -0.493 e. The van der Waals surface area contributed by atoms with Crippen LogP contribution in [0.25, 0.3) is 0 Å². The zero-order valence-corrected chi connectivity index (χ0v) is 16.7. The van der Waals surface area contributed by atoms with E-state index < -0.39 is 11.5 Å². The second kappa shape index (κ2) is 9.53. The summed E-state index contributed by atoms with van der Waals surface area (Å²) in [6.45, 7) is 1.02. The Labute approximate surface area is 173 Å². The molecular formula is C22H23ClF3NO2. The quantitative estimate of drug-likeness (QED) is 0.524. The summed E-state index contributed by atoms with van der Waals surface area (Å²) in [6.07, 6.45) is 2.23. The van der Waals surface area contributed by atoms with Crippen molar-refractivity contribution >= 4 is 17.5 Å². The SMILES string of the molecule is O=C(c1ccc(F)c(Cl)c1)N1CCC(F)(CCCCOc2cccc(F)c2)CC1. The number of ether oxygens (including phenoxy) is 1. The summed E-state index contributed by atoms with van der Waals surface area (Å²) >= 11 is 5.74. The van der Waals surface area contributed by atoms with E-state index in [4.69, 9.17) is 16.3 Å². The Morgan fingerprint density at radius 3 is 2.55 bits per heavy atom. The van der Waals surface area contributed by atoms with E-state index >= 15 is 4.39 Å². The van der Waals surface area contributed by atoms with Gasteiger partial charge in [0.2, 0.25) is 0 Å². The summed E-state index contributed by atoms with van der Waals surface area (Å²) in [5, 5.41) is -0.104. The molecule has 0 N–H and O–H groups in total. The molecular weight excluding hydrogens is 403 g/mol. The lowest BCUT2D eigenvalue weighted by Gasteiger charge is -2.36. The molecule has 3 nitrogen and oxygen atoms in total. The Morgan fingerprint density at radius 1 is 1.10 bits per heavy atom. The van der Waals surface area contributed by atoms with E-state index in [2.05, 4.69) is 0 Å². The standard InChI is InChI=1S/C22H23ClF3NO2/c23-19-14-16(6-7-20(19)25)21(28)27-11-9-22(26,10-12-27)8-1-2-13-29-18-5-3-4-17(24)15-18/h3-7,14-15H,1-2,8-13H2. The van der Waals surface area contributed by atoms with Gasteiger partial charge in [0, 0.05) is 24.7 Å². The van der Waals surface area contributed by atoms with Gasteiger partial charge in [0.15, 0.2) is 0 Å². The molecule has 156 valence electrons. The summed E-state index contributed by atoms with van der Waals surface area (Å²) in [5.74, 6) is -0.731. The monoisotopic (exact) mass is 425 g/mol. The van der Waals surface area contributed by atoms with Crippen LogP contribution >= 0.6 is 11.6 Å². The molecule has 0 spiro atoms. The van der Waals surface area contributed by atoms with E-state index in [0.717, 1.165) is 6.07 Å². The minimum atomic E-state index is -1.31. The first kappa shape index (κ1) is 21.5. The maximum atomic E-state index is 15.0. The van der Waals surface area contributed by atoms with Crippen molar-refractivity contribution in [2.45, 2.75) is 37.8 Å². The van der Waals surface area contributed by atoms with Gasteiger partial charge < -0.3 is 9.64 Å². The number of alkyl halides is 1. The fourth-order valence-electron chi connectivity index (χ4n) is 3.46. The number of hydrogen-bond acceptors (Lipinski definition) is 2. The molecule has 1 amide bonds. The predicted octanol–water partition coefficient (Wildman–Crippen LogP) is 5.81. The van der Waals surface area contributed by atoms with Gasteiger partial charge in [-0.25, -0.2) is 13.2 Å². The van der Waals surface area contributed by atoms with Gasteiger partial charge in [0.25, 0.3) is 5.91 Å². The summed E-state index contributed by atoms with van der Waals surface area (Å²) in [6, 6.07) is 9.77. The molecule has 2 aromatic carbocycles. The van der Waals surface area contributed by atoms with Crippen LogP contribution in [0.2, 0.25) is 5.02 Å². The average Bonchev–Trinajstić information content (AvgIpc) is 2.70. The topological polar surface area (TPSA) is 29.5 Å². The number of rotatable bonds is 7. The Morgan fingerprint density at radius 2 is 1.86 bits per heavy atom. The number of likely N-dealkylation sites (tertiary alicyclic amines) is 1. The van der Waals surface area contributed by atoms with Crippen LogP contribution in [0.15, 0.2) is 42.5 Å². The maximum absolute atomic E-state index is 15.0. The maximum Gasteiger partial charge on any atom is 0.253 e. The van der Waals surface area contributed by atoms with E-state index in [0.29, 0.717) is 50.3 Å². The molecule has 1 aliphatic heterocycles. The molecule has 1 aliphatic rings. The average molecular weight is 426 g/mol. The number of carbonyl (C=O) groups excluding carboxylic acids is 1. The smallest absolute Gasteiger partial charge is 0.253 e. The van der Waals surface area contributed by atoms with E-state index in [-0.39, 0.29) is 29.6 Å². The number of nitrogens with zero attached hydrogens (tertiary/aromatic N) is 1. The van der Waals surface area contributed by atoms with Gasteiger partial charge in [0.1, 0.15) is 23.1 Å². The molecule has 1 saturated heterocycles. The first-order chi connectivity index (χ1) is 13.9. The van der Waals surface area contributed by atoms with Crippen molar-refractivity contribution in [2.24, 2.45) is 0 Å². The summed E-state index contributed by atoms with van der Waals surface area (Å²) < 4.78 is 46.9. The van der Waals surface area contributed by atoms with Crippen molar-refractivity contribution in [1.29, 1.82) is 0 Å². The van der Waals surface area contributed by atoms with Crippen molar-refractivity contribution in [3.8, 4) is 5.75 Å². The summed E-state index contributed by atoms with van der Waals surface area (Å²) in [7, 11) is 0. The molecule has 1 heterocycles. The molecule has 2 aromatic rings. The highest BCUT2D eigenvalue weighted by Gasteiger charge is 2.35. The molecule has 0 unspecified atom stereocenters. The van der Waals surface area contributed by atoms with Crippen LogP contribution < -0.4 is 4.74 Å². The zero-order chi connectivity index (χ0) is 20.9. The molecule has 0 aromatic heterocycles. The fraction of sp³-hybridized carbons (Fsp3) is 0.409. The second-order valence-electron chi connectivity index (χ2n) is 7.33. The van der Waals surface area contributed by atoms with E-state index in [1.807, 2.05) is 0 Å². The Bertz CT molecular complexity index is 854. The summed E-state index contributed by atoms with van der Waals surface area (Å²) in [4.78, 5) is 14.1. The number of unbranched alkanes of at least 4 members (excludes halogenated alkanes) is 1. The van der Waals surface area contributed by atoms with Crippen molar-refractivity contribution in [2.75, 3.05) is 19.7 Å². The number of halogens is 4. The Kier molecular flexibility index (Phi) is 7.06.